The highest BCUT2D eigenvalue weighted by molar-refractivity contribution is 8.04. The van der Waals surface area contributed by atoms with E-state index in [1.54, 1.807) is 0 Å². The van der Waals surface area contributed by atoms with Crippen LogP contribution in [0.1, 0.15) is 27.2 Å². The van der Waals surface area contributed by atoms with Crippen LogP contribution in [0.15, 0.2) is 16.0 Å². The number of hydrogen-bond donors (Lipinski definition) is 1. The van der Waals surface area contributed by atoms with Crippen LogP contribution in [0.3, 0.4) is 0 Å². The van der Waals surface area contributed by atoms with Crippen LogP contribution in [0.4, 0.5) is 0 Å². The second-order valence-corrected chi connectivity index (χ2v) is 5.89. The summed E-state index contributed by atoms with van der Waals surface area (Å²) in [5.41, 5.74) is -0.267. The molecule has 0 aromatic carbocycles. The molecule has 0 aliphatic carbocycles. The molecule has 0 saturated carbocycles. The smallest absolute Gasteiger partial charge is 0.223 e. The van der Waals surface area contributed by atoms with Crippen LogP contribution in [0.2, 0.25) is 0 Å². The summed E-state index contributed by atoms with van der Waals surface area (Å²) in [6.07, 6.45) is 2.93. The molecule has 2 heterocycles. The van der Waals surface area contributed by atoms with Crippen molar-refractivity contribution in [3.05, 3.63) is 11.0 Å². The van der Waals surface area contributed by atoms with Crippen molar-refractivity contribution in [2.45, 2.75) is 38.8 Å². The quantitative estimate of drug-likeness (QED) is 0.823. The van der Waals surface area contributed by atoms with Gasteiger partial charge in [0.2, 0.25) is 5.90 Å². The average molecular weight is 241 g/mol. The Morgan fingerprint density at radius 1 is 1.62 bits per heavy atom. The number of rotatable bonds is 3. The van der Waals surface area contributed by atoms with Crippen molar-refractivity contribution in [3.63, 3.8) is 0 Å². The molecular formula is C12H19NO2S. The van der Waals surface area contributed by atoms with Crippen LogP contribution >= 0.6 is 11.8 Å². The number of hydrogen-bond acceptors (Lipinski definition) is 4. The molecule has 0 radical (unpaired) electrons. The zero-order valence-electron chi connectivity index (χ0n) is 10.1. The predicted octanol–water partition coefficient (Wildman–Crippen LogP) is 2.21. The fourth-order valence-electron chi connectivity index (χ4n) is 1.95. The molecular weight excluding hydrogens is 222 g/mol. The Labute approximate surface area is 101 Å². The van der Waals surface area contributed by atoms with Crippen molar-refractivity contribution < 1.29 is 9.84 Å². The van der Waals surface area contributed by atoms with E-state index in [1.807, 2.05) is 25.6 Å². The van der Waals surface area contributed by atoms with Gasteiger partial charge in [-0.15, -0.1) is 11.8 Å². The fraction of sp³-hybridized carbons (Fsp3) is 0.750. The third kappa shape index (κ3) is 2.13. The van der Waals surface area contributed by atoms with E-state index in [-0.39, 0.29) is 18.2 Å². The van der Waals surface area contributed by atoms with E-state index < -0.39 is 0 Å². The molecule has 3 unspecified atom stereocenters. The second kappa shape index (κ2) is 4.41. The van der Waals surface area contributed by atoms with Crippen LogP contribution in [0.5, 0.6) is 0 Å². The molecule has 3 atom stereocenters. The van der Waals surface area contributed by atoms with Gasteiger partial charge in [-0.25, -0.2) is 4.99 Å². The van der Waals surface area contributed by atoms with E-state index in [0.717, 1.165) is 11.7 Å². The molecule has 0 fully saturated rings. The Balaban J connectivity index is 2.16. The molecule has 0 saturated heterocycles. The van der Waals surface area contributed by atoms with Gasteiger partial charge in [0.25, 0.3) is 0 Å². The average Bonchev–Trinajstić information content (AvgIpc) is 2.74. The largest absolute Gasteiger partial charge is 0.472 e. The summed E-state index contributed by atoms with van der Waals surface area (Å²) in [4.78, 5) is 5.82. The van der Waals surface area contributed by atoms with Crippen LogP contribution in [-0.4, -0.2) is 35.0 Å². The van der Waals surface area contributed by atoms with E-state index >= 15 is 0 Å². The molecule has 3 nitrogen and oxygen atoms in total. The molecule has 0 amide bonds. The Kier molecular flexibility index (Phi) is 3.31. The van der Waals surface area contributed by atoms with Crippen molar-refractivity contribution in [1.82, 2.24) is 0 Å². The van der Waals surface area contributed by atoms with Crippen molar-refractivity contribution in [3.8, 4) is 0 Å². The first-order chi connectivity index (χ1) is 7.55. The summed E-state index contributed by atoms with van der Waals surface area (Å²) in [5.74, 6) is 2.49. The maximum atomic E-state index is 9.06. The lowest BCUT2D eigenvalue weighted by Gasteiger charge is -2.23. The minimum Gasteiger partial charge on any atom is -0.472 e. The minimum atomic E-state index is -0.267. The van der Waals surface area contributed by atoms with E-state index in [0.29, 0.717) is 12.3 Å². The molecule has 4 heteroatoms. The Morgan fingerprint density at radius 3 is 2.94 bits per heavy atom. The van der Waals surface area contributed by atoms with Gasteiger partial charge in [-0.3, -0.25) is 0 Å². The first-order valence-corrected chi connectivity index (χ1v) is 6.76. The molecule has 0 aromatic rings. The fourth-order valence-corrected chi connectivity index (χ4v) is 3.04. The highest BCUT2D eigenvalue weighted by Crippen LogP contribution is 2.37. The zero-order valence-corrected chi connectivity index (χ0v) is 10.9. The van der Waals surface area contributed by atoms with Crippen molar-refractivity contribution in [1.29, 1.82) is 0 Å². The van der Waals surface area contributed by atoms with Gasteiger partial charge in [0, 0.05) is 12.4 Å². The molecule has 0 spiro atoms. The maximum absolute atomic E-state index is 9.06. The lowest BCUT2D eigenvalue weighted by atomic mass is 9.94. The van der Waals surface area contributed by atoms with Gasteiger partial charge in [-0.2, -0.15) is 0 Å². The number of ether oxygens (including phenoxy) is 1. The molecule has 16 heavy (non-hydrogen) atoms. The molecule has 90 valence electrons. The molecule has 2 rings (SSSR count). The van der Waals surface area contributed by atoms with Gasteiger partial charge in [-0.05, 0) is 26.2 Å². The summed E-state index contributed by atoms with van der Waals surface area (Å²) >= 11 is 1.81. The van der Waals surface area contributed by atoms with Gasteiger partial charge >= 0.3 is 0 Å². The van der Waals surface area contributed by atoms with Crippen LogP contribution in [-0.2, 0) is 4.74 Å². The summed E-state index contributed by atoms with van der Waals surface area (Å²) < 4.78 is 5.81. The minimum absolute atomic E-state index is 0.0482. The Bertz CT molecular complexity index is 340. The normalized spacial score (nSPS) is 38.2. The van der Waals surface area contributed by atoms with Gasteiger partial charge < -0.3 is 9.84 Å². The Morgan fingerprint density at radius 2 is 2.38 bits per heavy atom. The number of nitrogens with zero attached hydrogens (tertiary/aromatic N) is 1. The molecule has 2 aliphatic rings. The Hall–Kier alpha value is -0.480. The monoisotopic (exact) mass is 241 g/mol. The lowest BCUT2D eigenvalue weighted by molar-refractivity contribution is 0.137. The lowest BCUT2D eigenvalue weighted by Crippen LogP contribution is -2.33. The summed E-state index contributed by atoms with van der Waals surface area (Å²) in [5, 5.41) is 9.06. The highest BCUT2D eigenvalue weighted by Gasteiger charge is 2.40. The molecule has 0 bridgehead atoms. The molecule has 2 aliphatic heterocycles. The number of aliphatic hydroxyl groups excluding tert-OH is 1. The standard InChI is InChI=1S/C12H19NO2S/c1-8-6-10(16-7-8)11-13-12(3,4-5-14)9(2)15-11/h6,8-9,14H,4-5,7H2,1-3H3. The van der Waals surface area contributed by atoms with E-state index in [4.69, 9.17) is 9.84 Å². The first-order valence-electron chi connectivity index (χ1n) is 5.77. The van der Waals surface area contributed by atoms with Gasteiger partial charge in [0.1, 0.15) is 11.6 Å². The SMILES string of the molecule is CC1C=C(C2=NC(C)(CCO)C(C)O2)SC1. The third-order valence-electron chi connectivity index (χ3n) is 3.29. The third-order valence-corrected chi connectivity index (χ3v) is 4.60. The van der Waals surface area contributed by atoms with E-state index in [9.17, 15) is 0 Å². The number of aliphatic imine (C=N–C) groups is 1. The topological polar surface area (TPSA) is 41.8 Å². The van der Waals surface area contributed by atoms with Crippen LogP contribution < -0.4 is 0 Å². The first kappa shape index (κ1) is 12.0. The maximum Gasteiger partial charge on any atom is 0.223 e. The van der Waals surface area contributed by atoms with Gasteiger partial charge in [0.05, 0.1) is 4.91 Å². The van der Waals surface area contributed by atoms with E-state index in [2.05, 4.69) is 18.0 Å². The number of thioether (sulfide) groups is 1. The van der Waals surface area contributed by atoms with Crippen molar-refractivity contribution >= 4 is 17.7 Å². The summed E-state index contributed by atoms with van der Waals surface area (Å²) in [7, 11) is 0. The predicted molar refractivity (Wildman–Crippen MR) is 67.8 cm³/mol. The summed E-state index contributed by atoms with van der Waals surface area (Å²) in [6, 6.07) is 0. The highest BCUT2D eigenvalue weighted by atomic mass is 32.2. The van der Waals surface area contributed by atoms with Crippen LogP contribution in [0.25, 0.3) is 0 Å². The van der Waals surface area contributed by atoms with Gasteiger partial charge in [-0.1, -0.05) is 13.0 Å². The van der Waals surface area contributed by atoms with Gasteiger partial charge in [0.15, 0.2) is 0 Å². The molecule has 0 aromatic heterocycles. The van der Waals surface area contributed by atoms with Crippen molar-refractivity contribution in [2.24, 2.45) is 10.9 Å². The second-order valence-electron chi connectivity index (χ2n) is 4.83. The van der Waals surface area contributed by atoms with Crippen molar-refractivity contribution in [2.75, 3.05) is 12.4 Å². The molecule has 1 N–H and O–H groups in total. The number of allylic oxidation sites excluding steroid dienone is 1. The number of aliphatic hydroxyl groups is 1. The summed E-state index contributed by atoms with van der Waals surface area (Å²) in [6.45, 7) is 6.43. The van der Waals surface area contributed by atoms with E-state index in [1.165, 1.54) is 4.91 Å². The van der Waals surface area contributed by atoms with Crippen LogP contribution in [0, 0.1) is 5.92 Å². The zero-order chi connectivity index (χ0) is 11.8.